The first-order valence-electron chi connectivity index (χ1n) is 11.8. The van der Waals surface area contributed by atoms with Crippen molar-refractivity contribution in [2.24, 2.45) is 0 Å². The Labute approximate surface area is 212 Å². The van der Waals surface area contributed by atoms with Crippen LogP contribution in [0.1, 0.15) is 13.8 Å². The Morgan fingerprint density at radius 1 is 0.571 bits per heavy atom. The summed E-state index contributed by atoms with van der Waals surface area (Å²) < 4.78 is 26.8. The molecule has 0 unspecified atom stereocenters. The van der Waals surface area contributed by atoms with Gasteiger partial charge in [-0.15, -0.1) is 19.7 Å². The van der Waals surface area contributed by atoms with Crippen LogP contribution in [0.3, 0.4) is 0 Å². The minimum Gasteiger partial charge on any atom is -0.383 e. The highest BCUT2D eigenvalue weighted by Gasteiger charge is 2.58. The zero-order valence-electron chi connectivity index (χ0n) is 20.6. The molecule has 0 bridgehead atoms. The summed E-state index contributed by atoms with van der Waals surface area (Å²) in [5.74, 6) is 0. The molecular weight excluding hydrogens is 485 g/mol. The second-order valence-electron chi connectivity index (χ2n) is 7.82. The monoisotopic (exact) mass is 518 g/mol. The third kappa shape index (κ3) is 5.79. The third-order valence-electron chi connectivity index (χ3n) is 5.72. The molecule has 0 aliphatic carbocycles. The van der Waals surface area contributed by atoms with Gasteiger partial charge in [0.15, 0.2) is 0 Å². The zero-order chi connectivity index (χ0) is 25.2. The van der Waals surface area contributed by atoms with E-state index in [0.29, 0.717) is 13.2 Å². The lowest BCUT2D eigenvalue weighted by atomic mass is 10.3. The minimum absolute atomic E-state index is 0.366. The molecule has 0 fully saturated rings. The lowest BCUT2D eigenvalue weighted by Gasteiger charge is -2.42. The van der Waals surface area contributed by atoms with E-state index in [4.69, 9.17) is 17.1 Å². The predicted octanol–water partition coefficient (Wildman–Crippen LogP) is 4.32. The van der Waals surface area contributed by atoms with Gasteiger partial charge in [0.2, 0.25) is 0 Å². The summed E-state index contributed by atoms with van der Waals surface area (Å²) in [6.45, 7) is 16.6. The lowest BCUT2D eigenvalue weighted by Crippen LogP contribution is -2.75. The molecule has 3 aromatic rings. The Morgan fingerprint density at radius 3 is 1.20 bits per heavy atom. The van der Waals surface area contributed by atoms with E-state index in [0.717, 1.165) is 15.6 Å². The quantitative estimate of drug-likeness (QED) is 0.235. The topological polar surface area (TPSA) is 36.9 Å². The van der Waals surface area contributed by atoms with Gasteiger partial charge < -0.3 is 17.1 Å². The Morgan fingerprint density at radius 2 is 0.914 bits per heavy atom. The SMILES string of the molecule is C=C[Si](C=C)(C=C)O[Si](OCC)(OCC)O[Si](c1ccccc1)(c1ccccc1)c1ccccc1. The average Bonchev–Trinajstić information content (AvgIpc) is 2.92. The maximum atomic E-state index is 7.33. The summed E-state index contributed by atoms with van der Waals surface area (Å²) in [6, 6.07) is 30.9. The fraction of sp³-hybridized carbons (Fsp3) is 0.143. The maximum absolute atomic E-state index is 7.33. The van der Waals surface area contributed by atoms with Crippen molar-refractivity contribution in [3.05, 3.63) is 128 Å². The van der Waals surface area contributed by atoms with Crippen molar-refractivity contribution < 1.29 is 17.1 Å². The van der Waals surface area contributed by atoms with E-state index in [2.05, 4.69) is 56.1 Å². The van der Waals surface area contributed by atoms with E-state index >= 15 is 0 Å². The molecule has 0 N–H and O–H groups in total. The molecule has 0 aromatic heterocycles. The van der Waals surface area contributed by atoms with E-state index in [1.807, 2.05) is 68.4 Å². The molecule has 3 rings (SSSR count). The Balaban J connectivity index is 2.35. The Kier molecular flexibility index (Phi) is 9.53. The third-order valence-corrected chi connectivity index (χ3v) is 17.0. The molecule has 0 radical (unpaired) electrons. The maximum Gasteiger partial charge on any atom is 0.659 e. The second kappa shape index (κ2) is 12.4. The van der Waals surface area contributed by atoms with Gasteiger partial charge in [0, 0.05) is 13.2 Å². The first-order valence-corrected chi connectivity index (χ1v) is 17.5. The van der Waals surface area contributed by atoms with Gasteiger partial charge in [-0.2, -0.15) is 0 Å². The summed E-state index contributed by atoms with van der Waals surface area (Å²) in [6.07, 6.45) is 0. The van der Waals surface area contributed by atoms with Crippen molar-refractivity contribution in [3.63, 3.8) is 0 Å². The van der Waals surface area contributed by atoms with E-state index in [-0.39, 0.29) is 0 Å². The van der Waals surface area contributed by atoms with Gasteiger partial charge in [0.05, 0.1) is 0 Å². The van der Waals surface area contributed by atoms with Gasteiger partial charge in [-0.1, -0.05) is 108 Å². The number of hydrogen-bond donors (Lipinski definition) is 0. The Bertz CT molecular complexity index is 967. The molecule has 0 spiro atoms. The molecule has 0 atom stereocenters. The van der Waals surface area contributed by atoms with Crippen LogP contribution in [0, 0.1) is 0 Å². The van der Waals surface area contributed by atoms with Crippen LogP contribution in [0.25, 0.3) is 0 Å². The molecule has 182 valence electrons. The minimum atomic E-state index is -3.77. The van der Waals surface area contributed by atoms with E-state index in [9.17, 15) is 0 Å². The smallest absolute Gasteiger partial charge is 0.383 e. The average molecular weight is 519 g/mol. The van der Waals surface area contributed by atoms with Gasteiger partial charge in [0.25, 0.3) is 16.6 Å². The first-order chi connectivity index (χ1) is 17.0. The van der Waals surface area contributed by atoms with Crippen LogP contribution in [0.15, 0.2) is 128 Å². The largest absolute Gasteiger partial charge is 0.659 e. The summed E-state index contributed by atoms with van der Waals surface area (Å²) >= 11 is 0. The van der Waals surface area contributed by atoms with Crippen LogP contribution in [-0.4, -0.2) is 38.9 Å². The van der Waals surface area contributed by atoms with Gasteiger partial charge >= 0.3 is 9.05 Å². The normalized spacial score (nSPS) is 12.2. The lowest BCUT2D eigenvalue weighted by molar-refractivity contribution is 0.0475. The summed E-state index contributed by atoms with van der Waals surface area (Å²) in [5.41, 5.74) is 5.31. The van der Waals surface area contributed by atoms with Gasteiger partial charge in [-0.05, 0) is 29.4 Å². The number of benzene rings is 3. The van der Waals surface area contributed by atoms with Crippen molar-refractivity contribution in [2.75, 3.05) is 13.2 Å². The number of rotatable bonds is 14. The van der Waals surface area contributed by atoms with Gasteiger partial charge in [-0.3, -0.25) is 0 Å². The highest BCUT2D eigenvalue weighted by Crippen LogP contribution is 2.25. The molecule has 0 saturated carbocycles. The predicted molar refractivity (Wildman–Crippen MR) is 152 cm³/mol. The number of hydrogen-bond acceptors (Lipinski definition) is 4. The molecular formula is C28H34O4Si3. The van der Waals surface area contributed by atoms with Crippen LogP contribution < -0.4 is 15.6 Å². The van der Waals surface area contributed by atoms with Crippen LogP contribution in [0.4, 0.5) is 0 Å². The molecule has 0 saturated heterocycles. The van der Waals surface area contributed by atoms with E-state index < -0.39 is 25.7 Å². The fourth-order valence-electron chi connectivity index (χ4n) is 4.01. The first kappa shape index (κ1) is 27.0. The fourth-order valence-corrected chi connectivity index (χ4v) is 15.4. The van der Waals surface area contributed by atoms with Gasteiger partial charge in [0.1, 0.15) is 0 Å². The summed E-state index contributed by atoms with van der Waals surface area (Å²) in [4.78, 5) is 0. The van der Waals surface area contributed by atoms with Crippen LogP contribution in [-0.2, 0) is 17.1 Å². The second-order valence-corrected chi connectivity index (χ2v) is 17.1. The molecule has 0 aliphatic rings. The van der Waals surface area contributed by atoms with Crippen LogP contribution in [0.5, 0.6) is 0 Å². The van der Waals surface area contributed by atoms with Gasteiger partial charge in [-0.25, -0.2) is 0 Å². The summed E-state index contributed by atoms with van der Waals surface area (Å²) in [5, 5.41) is 3.21. The Hall–Kier alpha value is -2.63. The molecule has 0 amide bonds. The summed E-state index contributed by atoms with van der Waals surface area (Å²) in [7, 11) is -9.76. The van der Waals surface area contributed by atoms with Crippen LogP contribution in [0.2, 0.25) is 0 Å². The highest BCUT2D eigenvalue weighted by molar-refractivity contribution is 7.10. The van der Waals surface area contributed by atoms with E-state index in [1.54, 1.807) is 17.1 Å². The standard InChI is InChI=1S/C28H34O4Si3/c1-6-29-35(30-7-2,31-33(8-3,9-4)10-5)32-34(26-20-14-11-15-21-26,27-22-16-12-17-23-27)28-24-18-13-19-25-28/h8-25H,3-7H2,1-2H3. The molecule has 0 aliphatic heterocycles. The highest BCUT2D eigenvalue weighted by atomic mass is 28.5. The van der Waals surface area contributed by atoms with Crippen molar-refractivity contribution in [1.29, 1.82) is 0 Å². The molecule has 35 heavy (non-hydrogen) atoms. The van der Waals surface area contributed by atoms with Crippen molar-refractivity contribution in [3.8, 4) is 0 Å². The molecule has 0 heterocycles. The molecule has 4 nitrogen and oxygen atoms in total. The zero-order valence-corrected chi connectivity index (χ0v) is 23.6. The van der Waals surface area contributed by atoms with Crippen molar-refractivity contribution >= 4 is 41.2 Å². The molecule has 7 heteroatoms. The van der Waals surface area contributed by atoms with Crippen molar-refractivity contribution in [2.45, 2.75) is 13.8 Å². The van der Waals surface area contributed by atoms with Crippen molar-refractivity contribution in [1.82, 2.24) is 0 Å². The van der Waals surface area contributed by atoms with Crippen LogP contribution >= 0.6 is 0 Å². The molecule has 3 aromatic carbocycles. The van der Waals surface area contributed by atoms with E-state index in [1.165, 1.54) is 0 Å².